The molecule has 2 heteroatoms. The van der Waals surface area contributed by atoms with Gasteiger partial charge >= 0.3 is 0 Å². The van der Waals surface area contributed by atoms with Crippen molar-refractivity contribution in [2.24, 2.45) is 23.0 Å². The highest BCUT2D eigenvalue weighted by molar-refractivity contribution is 4.86. The zero-order valence-electron chi connectivity index (χ0n) is 10.4. The van der Waals surface area contributed by atoms with Gasteiger partial charge in [0.25, 0.3) is 0 Å². The first-order valence-corrected chi connectivity index (χ1v) is 5.81. The van der Waals surface area contributed by atoms with Gasteiger partial charge in [0.1, 0.15) is 0 Å². The predicted octanol–water partition coefficient (Wildman–Crippen LogP) is 1.95. The Balaban J connectivity index is 2.46. The van der Waals surface area contributed by atoms with Crippen molar-refractivity contribution < 1.29 is 0 Å². The number of hydrogen-bond donors (Lipinski definition) is 1. The topological polar surface area (TPSA) is 29.3 Å². The molecule has 1 heterocycles. The molecule has 0 radical (unpaired) electrons. The molecule has 1 fully saturated rings. The standard InChI is InChI=1S/C12H26N2/c1-9-6-14(7-10(9)2)8-12(4,5)11(3)13/h9-11H,6-8,13H2,1-5H3. The Morgan fingerprint density at radius 2 is 1.71 bits per heavy atom. The molecule has 84 valence electrons. The molecule has 0 aliphatic carbocycles. The maximum atomic E-state index is 5.99. The van der Waals surface area contributed by atoms with Crippen LogP contribution in [-0.4, -0.2) is 30.6 Å². The van der Waals surface area contributed by atoms with Crippen molar-refractivity contribution in [3.8, 4) is 0 Å². The molecule has 3 unspecified atom stereocenters. The summed E-state index contributed by atoms with van der Waals surface area (Å²) in [5.41, 5.74) is 6.23. The average molecular weight is 198 g/mol. The Morgan fingerprint density at radius 1 is 1.29 bits per heavy atom. The molecule has 0 amide bonds. The van der Waals surface area contributed by atoms with Crippen molar-refractivity contribution >= 4 is 0 Å². The average Bonchev–Trinajstić information content (AvgIpc) is 2.29. The maximum Gasteiger partial charge on any atom is 0.00739 e. The number of nitrogens with zero attached hydrogens (tertiary/aromatic N) is 1. The lowest BCUT2D eigenvalue weighted by Gasteiger charge is -2.33. The lowest BCUT2D eigenvalue weighted by Crippen LogP contribution is -2.43. The van der Waals surface area contributed by atoms with Gasteiger partial charge < -0.3 is 10.6 Å². The van der Waals surface area contributed by atoms with Crippen LogP contribution >= 0.6 is 0 Å². The summed E-state index contributed by atoms with van der Waals surface area (Å²) in [6.45, 7) is 15.0. The van der Waals surface area contributed by atoms with E-state index in [1.54, 1.807) is 0 Å². The SMILES string of the molecule is CC1CN(CC(C)(C)C(C)N)CC1C. The van der Waals surface area contributed by atoms with Crippen LogP contribution in [0.2, 0.25) is 0 Å². The molecule has 3 atom stereocenters. The Kier molecular flexibility index (Phi) is 3.59. The molecule has 0 aromatic carbocycles. The lowest BCUT2D eigenvalue weighted by atomic mass is 9.85. The molecule has 2 nitrogen and oxygen atoms in total. The Morgan fingerprint density at radius 3 is 2.07 bits per heavy atom. The molecule has 1 aliphatic rings. The molecule has 1 rings (SSSR count). The van der Waals surface area contributed by atoms with Crippen molar-refractivity contribution in [2.75, 3.05) is 19.6 Å². The van der Waals surface area contributed by atoms with E-state index in [1.165, 1.54) is 13.1 Å². The van der Waals surface area contributed by atoms with Crippen molar-refractivity contribution in [2.45, 2.75) is 40.7 Å². The number of rotatable bonds is 3. The van der Waals surface area contributed by atoms with Crippen molar-refractivity contribution in [3.05, 3.63) is 0 Å². The van der Waals surface area contributed by atoms with Crippen LogP contribution in [0.3, 0.4) is 0 Å². The molecule has 0 spiro atoms. The highest BCUT2D eigenvalue weighted by Crippen LogP contribution is 2.27. The van der Waals surface area contributed by atoms with Gasteiger partial charge in [-0.05, 0) is 24.2 Å². The van der Waals surface area contributed by atoms with Gasteiger partial charge in [0.2, 0.25) is 0 Å². The molecule has 0 aromatic heterocycles. The highest BCUT2D eigenvalue weighted by Gasteiger charge is 2.31. The van der Waals surface area contributed by atoms with Gasteiger partial charge in [0, 0.05) is 25.7 Å². The molecular formula is C12H26N2. The fraction of sp³-hybridized carbons (Fsp3) is 1.00. The minimum Gasteiger partial charge on any atom is -0.327 e. The first kappa shape index (κ1) is 12.0. The smallest absolute Gasteiger partial charge is 0.00739 e. The van der Waals surface area contributed by atoms with Crippen molar-refractivity contribution in [1.82, 2.24) is 4.90 Å². The van der Waals surface area contributed by atoms with E-state index in [-0.39, 0.29) is 11.5 Å². The van der Waals surface area contributed by atoms with E-state index in [0.717, 1.165) is 18.4 Å². The van der Waals surface area contributed by atoms with Gasteiger partial charge in [-0.1, -0.05) is 27.7 Å². The van der Waals surface area contributed by atoms with Gasteiger partial charge in [-0.2, -0.15) is 0 Å². The molecule has 2 N–H and O–H groups in total. The summed E-state index contributed by atoms with van der Waals surface area (Å²) >= 11 is 0. The Hall–Kier alpha value is -0.0800. The fourth-order valence-corrected chi connectivity index (χ4v) is 2.10. The van der Waals surface area contributed by atoms with Crippen LogP contribution in [0.4, 0.5) is 0 Å². The minimum atomic E-state index is 0.240. The normalized spacial score (nSPS) is 32.1. The van der Waals surface area contributed by atoms with Crippen LogP contribution in [0.15, 0.2) is 0 Å². The largest absolute Gasteiger partial charge is 0.327 e. The van der Waals surface area contributed by atoms with E-state index in [0.29, 0.717) is 0 Å². The second-order valence-corrected chi connectivity index (χ2v) is 5.93. The van der Waals surface area contributed by atoms with E-state index in [1.807, 2.05) is 0 Å². The third-order valence-electron chi connectivity index (χ3n) is 3.93. The molecule has 0 bridgehead atoms. The van der Waals surface area contributed by atoms with E-state index < -0.39 is 0 Å². The maximum absolute atomic E-state index is 5.99. The van der Waals surface area contributed by atoms with Crippen LogP contribution in [0.5, 0.6) is 0 Å². The van der Waals surface area contributed by atoms with Gasteiger partial charge in [-0.25, -0.2) is 0 Å². The summed E-state index contributed by atoms with van der Waals surface area (Å²) < 4.78 is 0. The van der Waals surface area contributed by atoms with E-state index in [9.17, 15) is 0 Å². The fourth-order valence-electron chi connectivity index (χ4n) is 2.10. The second-order valence-electron chi connectivity index (χ2n) is 5.93. The Labute approximate surface area is 88.8 Å². The van der Waals surface area contributed by atoms with Gasteiger partial charge in [-0.3, -0.25) is 0 Å². The van der Waals surface area contributed by atoms with Gasteiger partial charge in [0.05, 0.1) is 0 Å². The molecule has 1 aliphatic heterocycles. The molecule has 14 heavy (non-hydrogen) atoms. The van der Waals surface area contributed by atoms with E-state index in [4.69, 9.17) is 5.73 Å². The number of hydrogen-bond acceptors (Lipinski definition) is 2. The van der Waals surface area contributed by atoms with Crippen LogP contribution in [0.25, 0.3) is 0 Å². The first-order valence-electron chi connectivity index (χ1n) is 5.81. The summed E-state index contributed by atoms with van der Waals surface area (Å²) in [6.07, 6.45) is 0. The molecule has 0 saturated carbocycles. The Bertz CT molecular complexity index is 177. The lowest BCUT2D eigenvalue weighted by molar-refractivity contribution is 0.177. The predicted molar refractivity (Wildman–Crippen MR) is 62.2 cm³/mol. The number of likely N-dealkylation sites (tertiary alicyclic amines) is 1. The third-order valence-corrected chi connectivity index (χ3v) is 3.93. The minimum absolute atomic E-state index is 0.240. The molecule has 1 saturated heterocycles. The number of nitrogens with two attached hydrogens (primary N) is 1. The van der Waals surface area contributed by atoms with Crippen LogP contribution in [-0.2, 0) is 0 Å². The summed E-state index contributed by atoms with van der Waals surface area (Å²) in [5, 5.41) is 0. The zero-order valence-corrected chi connectivity index (χ0v) is 10.4. The van der Waals surface area contributed by atoms with Crippen molar-refractivity contribution in [1.29, 1.82) is 0 Å². The van der Waals surface area contributed by atoms with E-state index >= 15 is 0 Å². The monoisotopic (exact) mass is 198 g/mol. The summed E-state index contributed by atoms with van der Waals surface area (Å²) in [6, 6.07) is 0.272. The van der Waals surface area contributed by atoms with E-state index in [2.05, 4.69) is 39.5 Å². The third kappa shape index (κ3) is 2.71. The molecule has 0 aromatic rings. The summed E-state index contributed by atoms with van der Waals surface area (Å²) in [4.78, 5) is 2.57. The summed E-state index contributed by atoms with van der Waals surface area (Å²) in [7, 11) is 0. The second kappa shape index (κ2) is 4.19. The quantitative estimate of drug-likeness (QED) is 0.751. The molecular weight excluding hydrogens is 172 g/mol. The van der Waals surface area contributed by atoms with Crippen LogP contribution in [0.1, 0.15) is 34.6 Å². The van der Waals surface area contributed by atoms with Crippen molar-refractivity contribution in [3.63, 3.8) is 0 Å². The van der Waals surface area contributed by atoms with Crippen LogP contribution in [0, 0.1) is 17.3 Å². The first-order chi connectivity index (χ1) is 6.33. The van der Waals surface area contributed by atoms with Gasteiger partial charge in [0.15, 0.2) is 0 Å². The summed E-state index contributed by atoms with van der Waals surface area (Å²) in [5.74, 6) is 1.69. The van der Waals surface area contributed by atoms with Crippen LogP contribution < -0.4 is 5.73 Å². The highest BCUT2D eigenvalue weighted by atomic mass is 15.2. The zero-order chi connectivity index (χ0) is 10.9. The van der Waals surface area contributed by atoms with Gasteiger partial charge in [-0.15, -0.1) is 0 Å².